The van der Waals surface area contributed by atoms with Gasteiger partial charge in [0.25, 0.3) is 0 Å². The molecule has 1 aromatic rings. The Labute approximate surface area is 144 Å². The molecule has 0 bridgehead atoms. The fourth-order valence-corrected chi connectivity index (χ4v) is 2.49. The summed E-state index contributed by atoms with van der Waals surface area (Å²) in [5.74, 6) is 0.943. The molecule has 0 radical (unpaired) electrons. The summed E-state index contributed by atoms with van der Waals surface area (Å²) in [6, 6.07) is 5.72. The highest BCUT2D eigenvalue weighted by molar-refractivity contribution is 5.82. The molecule has 0 fully saturated rings. The van der Waals surface area contributed by atoms with Crippen molar-refractivity contribution in [3.63, 3.8) is 0 Å². The van der Waals surface area contributed by atoms with Gasteiger partial charge in [0.2, 0.25) is 0 Å². The predicted octanol–water partition coefficient (Wildman–Crippen LogP) is 3.58. The number of esters is 1. The van der Waals surface area contributed by atoms with Crippen molar-refractivity contribution in [2.45, 2.75) is 46.0 Å². The summed E-state index contributed by atoms with van der Waals surface area (Å²) in [4.78, 5) is 23.6. The Morgan fingerprint density at radius 1 is 1.04 bits per heavy atom. The maximum atomic E-state index is 11.8. The Bertz CT molecular complexity index is 535. The molecule has 0 spiro atoms. The molecule has 0 saturated heterocycles. The van der Waals surface area contributed by atoms with Gasteiger partial charge in [0, 0.05) is 6.42 Å². The van der Waals surface area contributed by atoms with Gasteiger partial charge in [-0.25, -0.2) is 0 Å². The van der Waals surface area contributed by atoms with Crippen LogP contribution < -0.4 is 9.47 Å². The quantitative estimate of drug-likeness (QED) is 0.578. The second-order valence-corrected chi connectivity index (χ2v) is 5.70. The zero-order chi connectivity index (χ0) is 17.9. The minimum atomic E-state index is -0.270. The fraction of sp³-hybridized carbons (Fsp3) is 0.579. The highest BCUT2D eigenvalue weighted by Crippen LogP contribution is 2.28. The molecule has 0 aromatic heterocycles. The van der Waals surface area contributed by atoms with E-state index in [9.17, 15) is 9.59 Å². The lowest BCUT2D eigenvalue weighted by atomic mass is 10.0. The molecule has 0 amide bonds. The van der Waals surface area contributed by atoms with Gasteiger partial charge < -0.3 is 14.2 Å². The van der Waals surface area contributed by atoms with Crippen molar-refractivity contribution in [3.05, 3.63) is 23.8 Å². The van der Waals surface area contributed by atoms with E-state index in [4.69, 9.17) is 14.2 Å². The van der Waals surface area contributed by atoms with Crippen LogP contribution in [-0.4, -0.2) is 32.6 Å². The van der Waals surface area contributed by atoms with Crippen molar-refractivity contribution in [2.75, 3.05) is 20.8 Å². The average molecular weight is 336 g/mol. The zero-order valence-electron chi connectivity index (χ0n) is 15.1. The van der Waals surface area contributed by atoms with Crippen LogP contribution in [0.25, 0.3) is 0 Å². The van der Waals surface area contributed by atoms with E-state index in [1.807, 2.05) is 32.0 Å². The molecule has 1 rings (SSSR count). The summed E-state index contributed by atoms with van der Waals surface area (Å²) in [5, 5.41) is 0. The van der Waals surface area contributed by atoms with Gasteiger partial charge in [0.15, 0.2) is 17.3 Å². The van der Waals surface area contributed by atoms with Crippen LogP contribution in [0.1, 0.15) is 45.1 Å². The molecule has 0 aliphatic rings. The number of hydrogen-bond donors (Lipinski definition) is 0. The lowest BCUT2D eigenvalue weighted by Gasteiger charge is -2.11. The van der Waals surface area contributed by atoms with Crippen LogP contribution in [0.3, 0.4) is 0 Å². The summed E-state index contributed by atoms with van der Waals surface area (Å²) >= 11 is 0. The van der Waals surface area contributed by atoms with Gasteiger partial charge >= 0.3 is 5.97 Å². The number of carbonyl (C=O) groups excluding carboxylic acids is 2. The van der Waals surface area contributed by atoms with Crippen LogP contribution in [0.2, 0.25) is 0 Å². The Morgan fingerprint density at radius 3 is 2.29 bits per heavy atom. The molecule has 5 heteroatoms. The third-order valence-electron chi connectivity index (χ3n) is 4.06. The van der Waals surface area contributed by atoms with Crippen LogP contribution in [0.5, 0.6) is 11.5 Å². The fourth-order valence-electron chi connectivity index (χ4n) is 2.49. The summed E-state index contributed by atoms with van der Waals surface area (Å²) in [6.07, 6.45) is 3.33. The van der Waals surface area contributed by atoms with E-state index in [-0.39, 0.29) is 24.3 Å². The van der Waals surface area contributed by atoms with E-state index in [1.54, 1.807) is 14.2 Å². The molecule has 0 saturated carbocycles. The molecule has 0 heterocycles. The lowest BCUT2D eigenvalue weighted by molar-refractivity contribution is -0.152. The zero-order valence-corrected chi connectivity index (χ0v) is 15.1. The van der Waals surface area contributed by atoms with E-state index in [1.165, 1.54) is 0 Å². The van der Waals surface area contributed by atoms with Crippen LogP contribution in [0.4, 0.5) is 0 Å². The number of carbonyl (C=O) groups is 2. The Morgan fingerprint density at radius 2 is 1.71 bits per heavy atom. The van der Waals surface area contributed by atoms with Crippen LogP contribution >= 0.6 is 0 Å². The summed E-state index contributed by atoms with van der Waals surface area (Å²) in [6.45, 7) is 3.77. The standard InChI is InChI=1S/C19H28O5/c1-5-15(6-2)19(21)24-13-16(20)9-7-8-14-10-11-17(22-3)18(12-14)23-4/h10-12,15H,5-9,13H2,1-4H3. The molecule has 24 heavy (non-hydrogen) atoms. The van der Waals surface area contributed by atoms with Gasteiger partial charge in [-0.3, -0.25) is 9.59 Å². The Hall–Kier alpha value is -2.04. The third kappa shape index (κ3) is 6.22. The molecule has 0 aliphatic heterocycles. The van der Waals surface area contributed by atoms with E-state index in [0.29, 0.717) is 24.3 Å². The lowest BCUT2D eigenvalue weighted by Crippen LogP contribution is -2.20. The first kappa shape index (κ1) is 20.0. The van der Waals surface area contributed by atoms with Gasteiger partial charge in [-0.05, 0) is 43.4 Å². The number of rotatable bonds is 11. The van der Waals surface area contributed by atoms with E-state index in [0.717, 1.165) is 24.8 Å². The monoisotopic (exact) mass is 336 g/mol. The summed E-state index contributed by atoms with van der Waals surface area (Å²) in [5.41, 5.74) is 1.08. The first-order valence-corrected chi connectivity index (χ1v) is 8.44. The molecular weight excluding hydrogens is 308 g/mol. The van der Waals surface area contributed by atoms with Gasteiger partial charge in [0.05, 0.1) is 20.1 Å². The van der Waals surface area contributed by atoms with Crippen LogP contribution in [0, 0.1) is 5.92 Å². The highest BCUT2D eigenvalue weighted by atomic mass is 16.5. The molecular formula is C19H28O5. The smallest absolute Gasteiger partial charge is 0.309 e. The van der Waals surface area contributed by atoms with Crippen molar-refractivity contribution in [1.29, 1.82) is 0 Å². The molecule has 0 unspecified atom stereocenters. The second kappa shape index (κ2) is 10.7. The molecule has 0 aliphatic carbocycles. The van der Waals surface area contributed by atoms with Crippen molar-refractivity contribution in [2.24, 2.45) is 5.92 Å². The highest BCUT2D eigenvalue weighted by Gasteiger charge is 2.16. The largest absolute Gasteiger partial charge is 0.493 e. The molecule has 1 aromatic carbocycles. The topological polar surface area (TPSA) is 61.8 Å². The molecule has 134 valence electrons. The normalized spacial score (nSPS) is 10.5. The third-order valence-corrected chi connectivity index (χ3v) is 4.06. The Kier molecular flexibility index (Phi) is 8.90. The maximum absolute atomic E-state index is 11.8. The predicted molar refractivity (Wildman–Crippen MR) is 92.5 cm³/mol. The Balaban J connectivity index is 2.37. The van der Waals surface area contributed by atoms with Crippen molar-refractivity contribution >= 4 is 11.8 Å². The number of ketones is 1. The van der Waals surface area contributed by atoms with Gasteiger partial charge in [-0.1, -0.05) is 19.9 Å². The van der Waals surface area contributed by atoms with Gasteiger partial charge in [0.1, 0.15) is 6.61 Å². The van der Waals surface area contributed by atoms with Crippen LogP contribution in [0.15, 0.2) is 18.2 Å². The second-order valence-electron chi connectivity index (χ2n) is 5.70. The van der Waals surface area contributed by atoms with Crippen molar-refractivity contribution < 1.29 is 23.8 Å². The minimum Gasteiger partial charge on any atom is -0.493 e. The average Bonchev–Trinajstić information content (AvgIpc) is 2.60. The molecule has 0 N–H and O–H groups in total. The first-order chi connectivity index (χ1) is 11.5. The number of ether oxygens (including phenoxy) is 3. The minimum absolute atomic E-state index is 0.0465. The van der Waals surface area contributed by atoms with Gasteiger partial charge in [-0.2, -0.15) is 0 Å². The first-order valence-electron chi connectivity index (χ1n) is 8.44. The summed E-state index contributed by atoms with van der Waals surface area (Å²) in [7, 11) is 3.19. The molecule has 0 atom stereocenters. The number of Topliss-reactive ketones (excluding diaryl/α,β-unsaturated/α-hetero) is 1. The number of aryl methyl sites for hydroxylation is 1. The van der Waals surface area contributed by atoms with E-state index in [2.05, 4.69) is 0 Å². The summed E-state index contributed by atoms with van der Waals surface area (Å²) < 4.78 is 15.6. The number of benzene rings is 1. The molecule has 5 nitrogen and oxygen atoms in total. The van der Waals surface area contributed by atoms with Crippen molar-refractivity contribution in [3.8, 4) is 11.5 Å². The van der Waals surface area contributed by atoms with E-state index < -0.39 is 0 Å². The van der Waals surface area contributed by atoms with Crippen molar-refractivity contribution in [1.82, 2.24) is 0 Å². The number of methoxy groups -OCH3 is 2. The van der Waals surface area contributed by atoms with Crippen LogP contribution in [-0.2, 0) is 20.7 Å². The number of hydrogen-bond acceptors (Lipinski definition) is 5. The SMILES string of the molecule is CCC(CC)C(=O)OCC(=O)CCCc1ccc(OC)c(OC)c1. The van der Waals surface area contributed by atoms with E-state index >= 15 is 0 Å². The van der Waals surface area contributed by atoms with Gasteiger partial charge in [-0.15, -0.1) is 0 Å². The maximum Gasteiger partial charge on any atom is 0.309 e.